The third-order valence-corrected chi connectivity index (χ3v) is 4.41. The van der Waals surface area contributed by atoms with Crippen molar-refractivity contribution in [2.45, 2.75) is 58.3 Å². The molecule has 0 atom stereocenters. The number of rotatable bonds is 9. The Labute approximate surface area is 144 Å². The highest BCUT2D eigenvalue weighted by Gasteiger charge is 2.31. The highest BCUT2D eigenvalue weighted by molar-refractivity contribution is 6.52. The Hall–Kier alpha value is -2.16. The zero-order valence-electron chi connectivity index (χ0n) is 14.4. The van der Waals surface area contributed by atoms with Crippen LogP contribution >= 0.6 is 0 Å². The number of carbonyl (C=O) groups excluding carboxylic acids is 2. The van der Waals surface area contributed by atoms with Crippen molar-refractivity contribution >= 4 is 17.3 Å². The van der Waals surface area contributed by atoms with Crippen LogP contribution in [-0.2, 0) is 4.79 Å². The van der Waals surface area contributed by atoms with Crippen molar-refractivity contribution in [3.63, 3.8) is 0 Å². The number of ketones is 2. The van der Waals surface area contributed by atoms with Crippen molar-refractivity contribution in [3.8, 4) is 0 Å². The minimum atomic E-state index is -0.588. The Balaban J connectivity index is 1.89. The lowest BCUT2D eigenvalue weighted by Crippen LogP contribution is -2.23. The molecule has 0 fully saturated rings. The predicted octanol–water partition coefficient (Wildman–Crippen LogP) is 5.42. The van der Waals surface area contributed by atoms with Crippen LogP contribution < -0.4 is 0 Å². The second-order valence-electron chi connectivity index (χ2n) is 6.26. The third-order valence-electron chi connectivity index (χ3n) is 4.41. The van der Waals surface area contributed by atoms with E-state index in [0.29, 0.717) is 17.5 Å². The molecule has 1 N–H and O–H groups in total. The molecule has 0 spiro atoms. The Morgan fingerprint density at radius 2 is 1.54 bits per heavy atom. The minimum absolute atomic E-state index is 0.0561. The fraction of sp³-hybridized carbons (Fsp3) is 0.429. The largest absolute Gasteiger partial charge is 0.507 e. The van der Waals surface area contributed by atoms with Crippen molar-refractivity contribution in [2.75, 3.05) is 0 Å². The summed E-state index contributed by atoms with van der Waals surface area (Å²) in [6.45, 7) is 2.21. The van der Waals surface area contributed by atoms with E-state index in [2.05, 4.69) is 6.92 Å². The number of allylic oxidation sites excluding steroid dienone is 3. The predicted molar refractivity (Wildman–Crippen MR) is 97.1 cm³/mol. The molecule has 0 amide bonds. The molecule has 3 nitrogen and oxygen atoms in total. The fourth-order valence-electron chi connectivity index (χ4n) is 2.97. The molecule has 0 saturated heterocycles. The number of aliphatic hydroxyl groups excluding tert-OH is 1. The summed E-state index contributed by atoms with van der Waals surface area (Å²) in [7, 11) is 0. The number of Topliss-reactive ketones (excluding diaryl/α,β-unsaturated/α-hetero) is 2. The van der Waals surface area contributed by atoms with Crippen molar-refractivity contribution in [1.82, 2.24) is 0 Å². The third kappa shape index (κ3) is 4.44. The summed E-state index contributed by atoms with van der Waals surface area (Å²) < 4.78 is 0. The highest BCUT2D eigenvalue weighted by Crippen LogP contribution is 2.29. The molecular formula is C21H26O3. The monoisotopic (exact) mass is 326 g/mol. The number of hydrogen-bond donors (Lipinski definition) is 1. The first-order valence-electron chi connectivity index (χ1n) is 8.92. The van der Waals surface area contributed by atoms with E-state index in [1.54, 1.807) is 24.3 Å². The van der Waals surface area contributed by atoms with Gasteiger partial charge in [0.15, 0.2) is 0 Å². The molecule has 0 bridgehead atoms. The van der Waals surface area contributed by atoms with Gasteiger partial charge in [-0.3, -0.25) is 9.59 Å². The van der Waals surface area contributed by atoms with Gasteiger partial charge in [-0.25, -0.2) is 0 Å². The summed E-state index contributed by atoms with van der Waals surface area (Å²) in [6, 6.07) is 6.71. The molecular weight excluding hydrogens is 300 g/mol. The molecule has 1 aliphatic carbocycles. The van der Waals surface area contributed by atoms with E-state index in [-0.39, 0.29) is 11.3 Å². The lowest BCUT2D eigenvalue weighted by molar-refractivity contribution is -0.112. The normalized spacial score (nSPS) is 14.5. The number of fused-ring (bicyclic) bond motifs is 1. The van der Waals surface area contributed by atoms with Crippen LogP contribution in [0.2, 0.25) is 0 Å². The van der Waals surface area contributed by atoms with Crippen LogP contribution in [0, 0.1) is 0 Å². The summed E-state index contributed by atoms with van der Waals surface area (Å²) in [5, 5.41) is 10.3. The van der Waals surface area contributed by atoms with Gasteiger partial charge in [0.2, 0.25) is 11.6 Å². The van der Waals surface area contributed by atoms with E-state index >= 15 is 0 Å². The summed E-state index contributed by atoms with van der Waals surface area (Å²) in [5.74, 6) is -1.17. The van der Waals surface area contributed by atoms with Crippen molar-refractivity contribution in [3.05, 3.63) is 53.1 Å². The van der Waals surface area contributed by atoms with Crippen LogP contribution in [0.5, 0.6) is 0 Å². The summed E-state index contributed by atoms with van der Waals surface area (Å²) in [6.07, 6.45) is 12.7. The van der Waals surface area contributed by atoms with Gasteiger partial charge >= 0.3 is 0 Å². The number of carbonyl (C=O) groups is 2. The summed E-state index contributed by atoms with van der Waals surface area (Å²) in [4.78, 5) is 24.3. The summed E-state index contributed by atoms with van der Waals surface area (Å²) in [5.41, 5.74) is 0.958. The lowest BCUT2D eigenvalue weighted by Gasteiger charge is -2.16. The molecule has 0 heterocycles. The van der Waals surface area contributed by atoms with Crippen LogP contribution in [0.25, 0.3) is 5.76 Å². The van der Waals surface area contributed by atoms with Crippen LogP contribution in [0.3, 0.4) is 0 Å². The minimum Gasteiger partial charge on any atom is -0.507 e. The topological polar surface area (TPSA) is 54.4 Å². The molecule has 3 heteroatoms. The zero-order chi connectivity index (χ0) is 17.4. The van der Waals surface area contributed by atoms with E-state index in [9.17, 15) is 14.7 Å². The molecule has 2 rings (SSSR count). The van der Waals surface area contributed by atoms with Gasteiger partial charge in [-0.05, 0) is 19.3 Å². The standard InChI is InChI=1S/C21H26O3/c1-2-3-4-5-6-7-8-9-10-15-18-19(22)16-13-11-12-14-17(16)20(23)21(18)24/h9-14,22H,2-8,15H2,1H3/b10-9+. The Morgan fingerprint density at radius 3 is 2.29 bits per heavy atom. The van der Waals surface area contributed by atoms with Gasteiger partial charge in [-0.15, -0.1) is 0 Å². The zero-order valence-corrected chi connectivity index (χ0v) is 14.4. The first kappa shape index (κ1) is 18.2. The van der Waals surface area contributed by atoms with Crippen LogP contribution in [-0.4, -0.2) is 16.7 Å². The molecule has 0 unspecified atom stereocenters. The molecule has 0 saturated carbocycles. The van der Waals surface area contributed by atoms with Crippen LogP contribution in [0.15, 0.2) is 42.0 Å². The van der Waals surface area contributed by atoms with Gasteiger partial charge in [-0.2, -0.15) is 0 Å². The number of aliphatic hydroxyl groups is 1. The average molecular weight is 326 g/mol. The Bertz CT molecular complexity index is 653. The van der Waals surface area contributed by atoms with Crippen LogP contribution in [0.4, 0.5) is 0 Å². The first-order chi connectivity index (χ1) is 11.7. The average Bonchev–Trinajstić information content (AvgIpc) is 2.61. The van der Waals surface area contributed by atoms with Gasteiger partial charge in [0, 0.05) is 16.7 Å². The van der Waals surface area contributed by atoms with Gasteiger partial charge in [-0.1, -0.05) is 75.4 Å². The van der Waals surface area contributed by atoms with E-state index < -0.39 is 11.6 Å². The van der Waals surface area contributed by atoms with Gasteiger partial charge in [0.25, 0.3) is 0 Å². The van der Waals surface area contributed by atoms with E-state index in [1.165, 1.54) is 32.1 Å². The second kappa shape index (κ2) is 9.21. The molecule has 0 aromatic heterocycles. The van der Waals surface area contributed by atoms with Gasteiger partial charge < -0.3 is 5.11 Å². The molecule has 24 heavy (non-hydrogen) atoms. The lowest BCUT2D eigenvalue weighted by atomic mass is 9.87. The maximum absolute atomic E-state index is 12.2. The number of benzene rings is 1. The SMILES string of the molecule is CCCCCCCC/C=C/CC1=C(O)c2ccccc2C(=O)C1=O. The first-order valence-corrected chi connectivity index (χ1v) is 8.92. The molecule has 128 valence electrons. The highest BCUT2D eigenvalue weighted by atomic mass is 16.3. The smallest absolute Gasteiger partial charge is 0.234 e. The Kier molecular flexibility index (Phi) is 6.98. The van der Waals surface area contributed by atoms with E-state index in [1.807, 2.05) is 12.2 Å². The van der Waals surface area contributed by atoms with Crippen LogP contribution in [0.1, 0.15) is 74.2 Å². The number of hydrogen-bond acceptors (Lipinski definition) is 3. The second-order valence-corrected chi connectivity index (χ2v) is 6.26. The van der Waals surface area contributed by atoms with E-state index in [4.69, 9.17) is 0 Å². The quantitative estimate of drug-likeness (QED) is 0.374. The van der Waals surface area contributed by atoms with Crippen molar-refractivity contribution < 1.29 is 14.7 Å². The molecule has 1 aliphatic rings. The number of unbranched alkanes of at least 4 members (excludes halogenated alkanes) is 6. The maximum Gasteiger partial charge on any atom is 0.234 e. The van der Waals surface area contributed by atoms with Gasteiger partial charge in [0.05, 0.1) is 0 Å². The van der Waals surface area contributed by atoms with Crippen molar-refractivity contribution in [1.29, 1.82) is 0 Å². The van der Waals surface area contributed by atoms with Crippen molar-refractivity contribution in [2.24, 2.45) is 0 Å². The molecule has 1 aromatic carbocycles. The molecule has 1 aromatic rings. The maximum atomic E-state index is 12.2. The molecule has 0 aliphatic heterocycles. The van der Waals surface area contributed by atoms with E-state index in [0.717, 1.165) is 12.8 Å². The molecule has 0 radical (unpaired) electrons. The fourth-order valence-corrected chi connectivity index (χ4v) is 2.97. The summed E-state index contributed by atoms with van der Waals surface area (Å²) >= 11 is 0. The Morgan fingerprint density at radius 1 is 0.875 bits per heavy atom. The van der Waals surface area contributed by atoms with Gasteiger partial charge in [0.1, 0.15) is 5.76 Å².